The van der Waals surface area contributed by atoms with Gasteiger partial charge in [0.1, 0.15) is 12.3 Å². The first-order valence-corrected chi connectivity index (χ1v) is 4.54. The normalized spacial score (nSPS) is 24.7. The average molecular weight is 213 g/mol. The van der Waals surface area contributed by atoms with Gasteiger partial charge in [-0.1, -0.05) is 0 Å². The average Bonchev–Trinajstić information content (AvgIpc) is 2.54. The van der Waals surface area contributed by atoms with Crippen molar-refractivity contribution >= 4 is 5.69 Å². The molecule has 0 saturated carbocycles. The van der Waals surface area contributed by atoms with Crippen LogP contribution in [0, 0.1) is 10.1 Å². The van der Waals surface area contributed by atoms with Gasteiger partial charge in [-0.05, 0) is 6.92 Å². The van der Waals surface area contributed by atoms with Crippen molar-refractivity contribution in [2.24, 2.45) is 7.05 Å². The fraction of sp³-hybridized carbons (Fsp3) is 0.625. The second-order valence-electron chi connectivity index (χ2n) is 3.45. The summed E-state index contributed by atoms with van der Waals surface area (Å²) in [6, 6.07) is 0. The number of hydrogen-bond acceptors (Lipinski definition) is 5. The second kappa shape index (κ2) is 3.50. The first kappa shape index (κ1) is 9.91. The maximum atomic E-state index is 10.6. The van der Waals surface area contributed by atoms with Crippen LogP contribution in [0.2, 0.25) is 0 Å². The summed E-state index contributed by atoms with van der Waals surface area (Å²) >= 11 is 0. The highest BCUT2D eigenvalue weighted by Crippen LogP contribution is 2.27. The molecular weight excluding hydrogens is 202 g/mol. The number of hydrogen-bond donors (Lipinski definition) is 0. The predicted octanol–water partition coefficient (Wildman–Crippen LogP) is 0.494. The van der Waals surface area contributed by atoms with E-state index < -0.39 is 4.92 Å². The first-order valence-electron chi connectivity index (χ1n) is 4.54. The van der Waals surface area contributed by atoms with Crippen molar-refractivity contribution < 1.29 is 14.4 Å². The molecule has 0 aromatic carbocycles. The van der Waals surface area contributed by atoms with Crippen LogP contribution < -0.4 is 4.74 Å². The molecule has 2 atom stereocenters. The quantitative estimate of drug-likeness (QED) is 0.539. The number of aromatic nitrogens is 2. The number of nitrogens with zero attached hydrogens (tertiary/aromatic N) is 3. The molecule has 2 heterocycles. The van der Waals surface area contributed by atoms with Crippen molar-refractivity contribution in [1.82, 2.24) is 9.78 Å². The molecule has 7 nitrogen and oxygen atoms in total. The van der Waals surface area contributed by atoms with Gasteiger partial charge < -0.3 is 9.47 Å². The van der Waals surface area contributed by atoms with Crippen LogP contribution in [0.15, 0.2) is 6.20 Å². The third-order valence-corrected chi connectivity index (χ3v) is 2.28. The summed E-state index contributed by atoms with van der Waals surface area (Å²) in [5.41, 5.74) is -0.114. The highest BCUT2D eigenvalue weighted by molar-refractivity contribution is 5.38. The summed E-state index contributed by atoms with van der Waals surface area (Å²) in [4.78, 5) is 10.1. The van der Waals surface area contributed by atoms with E-state index in [0.717, 1.165) is 0 Å². The third-order valence-electron chi connectivity index (χ3n) is 2.28. The lowest BCUT2D eigenvalue weighted by atomic mass is 10.2. The van der Waals surface area contributed by atoms with E-state index in [-0.39, 0.29) is 23.8 Å². The van der Waals surface area contributed by atoms with E-state index >= 15 is 0 Å². The Bertz CT molecular complexity index is 389. The number of ether oxygens (including phenoxy) is 2. The van der Waals surface area contributed by atoms with Gasteiger partial charge in [-0.2, -0.15) is 0 Å². The van der Waals surface area contributed by atoms with Crippen molar-refractivity contribution in [2.45, 2.75) is 19.1 Å². The molecule has 15 heavy (non-hydrogen) atoms. The molecule has 1 unspecified atom stereocenters. The van der Waals surface area contributed by atoms with Crippen molar-refractivity contribution in [3.8, 4) is 5.88 Å². The molecule has 82 valence electrons. The lowest BCUT2D eigenvalue weighted by molar-refractivity contribution is -0.386. The molecule has 1 aromatic rings. The Morgan fingerprint density at radius 1 is 1.80 bits per heavy atom. The first-order chi connectivity index (χ1) is 7.08. The molecule has 0 bridgehead atoms. The van der Waals surface area contributed by atoms with Gasteiger partial charge in [0.2, 0.25) is 0 Å². The molecular formula is C8H11N3O4. The molecule has 0 aliphatic carbocycles. The van der Waals surface area contributed by atoms with Crippen LogP contribution in [-0.4, -0.2) is 33.5 Å². The maximum absolute atomic E-state index is 10.6. The summed E-state index contributed by atoms with van der Waals surface area (Å²) in [5.74, 6) is 0.0580. The van der Waals surface area contributed by atoms with E-state index in [1.807, 2.05) is 6.92 Å². The summed E-state index contributed by atoms with van der Waals surface area (Å²) in [6.45, 7) is 2.30. The minimum absolute atomic E-state index is 0.0355. The third kappa shape index (κ3) is 1.78. The highest BCUT2D eigenvalue weighted by atomic mass is 16.6. The molecule has 0 spiro atoms. The Kier molecular flexibility index (Phi) is 2.31. The summed E-state index contributed by atoms with van der Waals surface area (Å²) < 4.78 is 11.8. The van der Waals surface area contributed by atoms with E-state index in [4.69, 9.17) is 9.47 Å². The molecule has 1 saturated heterocycles. The second-order valence-corrected chi connectivity index (χ2v) is 3.45. The van der Waals surface area contributed by atoms with E-state index in [0.29, 0.717) is 6.61 Å². The van der Waals surface area contributed by atoms with Crippen LogP contribution in [0.3, 0.4) is 0 Å². The standard InChI is InChI=1S/C8H11N3O4/c1-5-7(4-14-5)15-8-6(11(12)13)3-10(2)9-8/h3,5,7H,4H2,1-2H3/t5-,7?/m1/s1. The van der Waals surface area contributed by atoms with E-state index in [1.54, 1.807) is 7.05 Å². The predicted molar refractivity (Wildman–Crippen MR) is 49.7 cm³/mol. The number of aryl methyl sites for hydroxylation is 1. The van der Waals surface area contributed by atoms with E-state index in [1.165, 1.54) is 10.9 Å². The van der Waals surface area contributed by atoms with Gasteiger partial charge in [0.05, 0.1) is 17.6 Å². The molecule has 7 heteroatoms. The number of nitro groups is 1. The smallest absolute Gasteiger partial charge is 0.350 e. The van der Waals surface area contributed by atoms with Gasteiger partial charge in [-0.25, -0.2) is 0 Å². The topological polar surface area (TPSA) is 79.4 Å². The number of rotatable bonds is 3. The summed E-state index contributed by atoms with van der Waals surface area (Å²) in [6.07, 6.45) is 1.14. The lowest BCUT2D eigenvalue weighted by Crippen LogP contribution is -2.46. The fourth-order valence-electron chi connectivity index (χ4n) is 1.31. The Hall–Kier alpha value is -1.63. The van der Waals surface area contributed by atoms with Gasteiger partial charge in [-0.3, -0.25) is 14.8 Å². The Balaban J connectivity index is 2.16. The van der Waals surface area contributed by atoms with E-state index in [2.05, 4.69) is 5.10 Å². The van der Waals surface area contributed by atoms with Crippen LogP contribution in [-0.2, 0) is 11.8 Å². The largest absolute Gasteiger partial charge is 0.463 e. The molecule has 0 amide bonds. The molecule has 1 aliphatic rings. The zero-order valence-corrected chi connectivity index (χ0v) is 8.41. The van der Waals surface area contributed by atoms with Crippen LogP contribution >= 0.6 is 0 Å². The Morgan fingerprint density at radius 3 is 3.00 bits per heavy atom. The maximum Gasteiger partial charge on any atom is 0.350 e. The zero-order valence-electron chi connectivity index (χ0n) is 8.41. The van der Waals surface area contributed by atoms with Gasteiger partial charge in [-0.15, -0.1) is 5.10 Å². The highest BCUT2D eigenvalue weighted by Gasteiger charge is 2.33. The van der Waals surface area contributed by atoms with Crippen LogP contribution in [0.4, 0.5) is 5.69 Å². The van der Waals surface area contributed by atoms with Crippen molar-refractivity contribution in [3.05, 3.63) is 16.3 Å². The molecule has 0 N–H and O–H groups in total. The molecule has 1 aromatic heterocycles. The Labute approximate surface area is 85.7 Å². The van der Waals surface area contributed by atoms with Crippen molar-refractivity contribution in [3.63, 3.8) is 0 Å². The molecule has 0 radical (unpaired) electrons. The van der Waals surface area contributed by atoms with Gasteiger partial charge in [0, 0.05) is 7.05 Å². The minimum Gasteiger partial charge on any atom is -0.463 e. The SMILES string of the molecule is C[C@H]1OCC1Oc1nn(C)cc1[N+](=O)[O-]. The van der Waals surface area contributed by atoms with E-state index in [9.17, 15) is 10.1 Å². The Morgan fingerprint density at radius 2 is 2.53 bits per heavy atom. The van der Waals surface area contributed by atoms with Gasteiger partial charge >= 0.3 is 11.6 Å². The molecule has 1 aliphatic heterocycles. The summed E-state index contributed by atoms with van der Waals surface area (Å²) in [5, 5.41) is 14.5. The molecule has 1 fully saturated rings. The lowest BCUT2D eigenvalue weighted by Gasteiger charge is -2.32. The van der Waals surface area contributed by atoms with Crippen molar-refractivity contribution in [2.75, 3.05) is 6.61 Å². The monoisotopic (exact) mass is 213 g/mol. The van der Waals surface area contributed by atoms with Crippen LogP contribution in [0.25, 0.3) is 0 Å². The van der Waals surface area contributed by atoms with Gasteiger partial charge in [0.25, 0.3) is 0 Å². The van der Waals surface area contributed by atoms with Crippen LogP contribution in [0.1, 0.15) is 6.92 Å². The zero-order chi connectivity index (χ0) is 11.0. The van der Waals surface area contributed by atoms with Crippen LogP contribution in [0.5, 0.6) is 5.88 Å². The molecule has 2 rings (SSSR count). The fourth-order valence-corrected chi connectivity index (χ4v) is 1.31. The van der Waals surface area contributed by atoms with Gasteiger partial charge in [0.15, 0.2) is 0 Å². The van der Waals surface area contributed by atoms with Crippen molar-refractivity contribution in [1.29, 1.82) is 0 Å². The summed E-state index contributed by atoms with van der Waals surface area (Å²) in [7, 11) is 1.61. The minimum atomic E-state index is -0.507.